The summed E-state index contributed by atoms with van der Waals surface area (Å²) in [4.78, 5) is 1.02. The summed E-state index contributed by atoms with van der Waals surface area (Å²) in [6, 6.07) is 10.9. The van der Waals surface area contributed by atoms with Gasteiger partial charge in [-0.05, 0) is 30.3 Å². The van der Waals surface area contributed by atoms with E-state index in [1.165, 1.54) is 11.3 Å². The van der Waals surface area contributed by atoms with Gasteiger partial charge in [-0.25, -0.2) is 0 Å². The Morgan fingerprint density at radius 3 is 2.67 bits per heavy atom. The van der Waals surface area contributed by atoms with Crippen LogP contribution in [0.15, 0.2) is 36.4 Å². The lowest BCUT2D eigenvalue weighted by Crippen LogP contribution is -2.12. The summed E-state index contributed by atoms with van der Waals surface area (Å²) >= 11 is 13.2. The van der Waals surface area contributed by atoms with Crippen LogP contribution in [0.1, 0.15) is 10.8 Å². The Balaban J connectivity index is 1.99. The molecule has 0 bridgehead atoms. The molecule has 0 saturated heterocycles. The topological polar surface area (TPSA) is 29.5 Å². The van der Waals surface area contributed by atoms with E-state index < -0.39 is 0 Å². The molecule has 1 aromatic carbocycles. The van der Waals surface area contributed by atoms with Gasteiger partial charge in [-0.15, -0.1) is 11.3 Å². The van der Waals surface area contributed by atoms with Gasteiger partial charge in [0.2, 0.25) is 0 Å². The highest BCUT2D eigenvalue weighted by Crippen LogP contribution is 2.29. The molecule has 0 aliphatic heterocycles. The maximum absolute atomic E-state index is 9.38. The number of ether oxygens (including phenoxy) is 1. The average Bonchev–Trinajstić information content (AvgIpc) is 2.77. The Hall–Kier alpha value is -0.740. The maximum Gasteiger partial charge on any atom is 0.120 e. The van der Waals surface area contributed by atoms with Crippen molar-refractivity contribution in [2.75, 3.05) is 13.2 Å². The minimum absolute atomic E-state index is 0.0252. The lowest BCUT2D eigenvalue weighted by atomic mass is 10.1. The predicted molar refractivity (Wildman–Crippen MR) is 76.1 cm³/mol. The Bertz CT molecular complexity index is 513. The van der Waals surface area contributed by atoms with Crippen LogP contribution in [0, 0.1) is 0 Å². The first-order valence-corrected chi connectivity index (χ1v) is 7.00. The molecular formula is C13H12Cl2O2S. The minimum Gasteiger partial charge on any atom is -0.493 e. The Labute approximate surface area is 120 Å². The van der Waals surface area contributed by atoms with E-state index in [4.69, 9.17) is 27.9 Å². The summed E-state index contributed by atoms with van der Waals surface area (Å²) in [6.45, 7) is 0.422. The van der Waals surface area contributed by atoms with E-state index in [1.54, 1.807) is 12.1 Å². The molecule has 0 spiro atoms. The van der Waals surface area contributed by atoms with Crippen LogP contribution in [0.3, 0.4) is 0 Å². The molecule has 0 saturated carbocycles. The third-order valence-corrected chi connectivity index (χ3v) is 4.09. The SMILES string of the molecule is OCC(COc1cccc(Cl)c1)c1ccc(Cl)s1. The zero-order valence-corrected chi connectivity index (χ0v) is 11.8. The van der Waals surface area contributed by atoms with Crippen molar-refractivity contribution in [1.82, 2.24) is 0 Å². The van der Waals surface area contributed by atoms with E-state index in [0.717, 1.165) is 4.88 Å². The lowest BCUT2D eigenvalue weighted by Gasteiger charge is -2.13. The van der Waals surface area contributed by atoms with Crippen molar-refractivity contribution in [2.45, 2.75) is 5.92 Å². The van der Waals surface area contributed by atoms with Gasteiger partial charge in [0.25, 0.3) is 0 Å². The molecule has 2 nitrogen and oxygen atoms in total. The van der Waals surface area contributed by atoms with Crippen LogP contribution in [0.25, 0.3) is 0 Å². The van der Waals surface area contributed by atoms with E-state index in [1.807, 2.05) is 24.3 Å². The molecule has 0 radical (unpaired) electrons. The molecular weight excluding hydrogens is 291 g/mol. The Kier molecular flexibility index (Phi) is 4.89. The number of benzene rings is 1. The monoisotopic (exact) mass is 302 g/mol. The second kappa shape index (κ2) is 6.43. The number of aliphatic hydroxyl groups excluding tert-OH is 1. The molecule has 0 aliphatic carbocycles. The highest BCUT2D eigenvalue weighted by molar-refractivity contribution is 7.16. The van der Waals surface area contributed by atoms with Crippen LogP contribution >= 0.6 is 34.5 Å². The molecule has 0 amide bonds. The van der Waals surface area contributed by atoms with Gasteiger partial charge in [0.15, 0.2) is 0 Å². The standard InChI is InChI=1S/C13H12Cl2O2S/c14-10-2-1-3-11(6-10)17-8-9(7-16)12-4-5-13(15)18-12/h1-6,9,16H,7-8H2. The Morgan fingerprint density at radius 2 is 2.06 bits per heavy atom. The van der Waals surface area contributed by atoms with Crippen molar-refractivity contribution in [2.24, 2.45) is 0 Å². The molecule has 0 fully saturated rings. The highest BCUT2D eigenvalue weighted by Gasteiger charge is 2.14. The van der Waals surface area contributed by atoms with Gasteiger partial charge in [0, 0.05) is 9.90 Å². The second-order valence-corrected chi connectivity index (χ2v) is 5.97. The predicted octanol–water partition coefficient (Wildman–Crippen LogP) is 4.21. The highest BCUT2D eigenvalue weighted by atomic mass is 35.5. The fourth-order valence-corrected chi connectivity index (χ4v) is 2.84. The van der Waals surface area contributed by atoms with Gasteiger partial charge in [-0.3, -0.25) is 0 Å². The quantitative estimate of drug-likeness (QED) is 0.896. The molecule has 1 aromatic heterocycles. The largest absolute Gasteiger partial charge is 0.493 e. The number of thiophene rings is 1. The van der Waals surface area contributed by atoms with Gasteiger partial charge >= 0.3 is 0 Å². The maximum atomic E-state index is 9.38. The van der Waals surface area contributed by atoms with Crippen molar-refractivity contribution in [3.8, 4) is 5.75 Å². The van der Waals surface area contributed by atoms with Gasteiger partial charge in [0.05, 0.1) is 23.5 Å². The first kappa shape index (κ1) is 13.7. The molecule has 1 heterocycles. The molecule has 2 rings (SSSR count). The van der Waals surface area contributed by atoms with E-state index in [9.17, 15) is 5.11 Å². The van der Waals surface area contributed by atoms with Gasteiger partial charge in [-0.2, -0.15) is 0 Å². The fraction of sp³-hybridized carbons (Fsp3) is 0.231. The molecule has 2 aromatic rings. The summed E-state index contributed by atoms with van der Waals surface area (Å²) in [7, 11) is 0. The number of halogens is 2. The summed E-state index contributed by atoms with van der Waals surface area (Å²) in [5, 5.41) is 10.0. The van der Waals surface area contributed by atoms with Gasteiger partial charge < -0.3 is 9.84 Å². The van der Waals surface area contributed by atoms with E-state index in [0.29, 0.717) is 21.7 Å². The molecule has 18 heavy (non-hydrogen) atoms. The molecule has 0 aliphatic rings. The zero-order chi connectivity index (χ0) is 13.0. The number of hydrogen-bond acceptors (Lipinski definition) is 3. The molecule has 1 N–H and O–H groups in total. The van der Waals surface area contributed by atoms with Crippen LogP contribution in [0.5, 0.6) is 5.75 Å². The number of hydrogen-bond donors (Lipinski definition) is 1. The first-order chi connectivity index (χ1) is 8.69. The van der Waals surface area contributed by atoms with Crippen LogP contribution in [-0.2, 0) is 0 Å². The fourth-order valence-electron chi connectivity index (χ4n) is 1.53. The van der Waals surface area contributed by atoms with Crippen molar-refractivity contribution >= 4 is 34.5 Å². The first-order valence-electron chi connectivity index (χ1n) is 5.43. The summed E-state index contributed by atoms with van der Waals surface area (Å²) in [5.74, 6) is 0.630. The van der Waals surface area contributed by atoms with Gasteiger partial charge in [0.1, 0.15) is 5.75 Å². The number of aliphatic hydroxyl groups is 1. The van der Waals surface area contributed by atoms with E-state index in [2.05, 4.69) is 0 Å². The lowest BCUT2D eigenvalue weighted by molar-refractivity contribution is 0.207. The molecule has 5 heteroatoms. The smallest absolute Gasteiger partial charge is 0.120 e. The second-order valence-electron chi connectivity index (χ2n) is 3.79. The normalized spacial score (nSPS) is 12.4. The van der Waals surface area contributed by atoms with Crippen LogP contribution < -0.4 is 4.74 Å². The van der Waals surface area contributed by atoms with Crippen molar-refractivity contribution in [3.05, 3.63) is 50.6 Å². The van der Waals surface area contributed by atoms with Crippen LogP contribution in [0.4, 0.5) is 0 Å². The van der Waals surface area contributed by atoms with Crippen molar-refractivity contribution in [1.29, 1.82) is 0 Å². The van der Waals surface area contributed by atoms with Crippen LogP contribution in [-0.4, -0.2) is 18.3 Å². The third kappa shape index (κ3) is 3.62. The molecule has 96 valence electrons. The average molecular weight is 303 g/mol. The van der Waals surface area contributed by atoms with Gasteiger partial charge in [-0.1, -0.05) is 29.3 Å². The summed E-state index contributed by atoms with van der Waals surface area (Å²) in [5.41, 5.74) is 0. The summed E-state index contributed by atoms with van der Waals surface area (Å²) < 4.78 is 6.34. The summed E-state index contributed by atoms with van der Waals surface area (Å²) in [6.07, 6.45) is 0. The Morgan fingerprint density at radius 1 is 1.22 bits per heavy atom. The van der Waals surface area contributed by atoms with Crippen LogP contribution in [0.2, 0.25) is 9.36 Å². The molecule has 1 atom stereocenters. The third-order valence-electron chi connectivity index (χ3n) is 2.46. The molecule has 1 unspecified atom stereocenters. The minimum atomic E-state index is -0.0681. The van der Waals surface area contributed by atoms with E-state index in [-0.39, 0.29) is 12.5 Å². The van der Waals surface area contributed by atoms with Crippen molar-refractivity contribution in [3.63, 3.8) is 0 Å². The van der Waals surface area contributed by atoms with Crippen molar-refractivity contribution < 1.29 is 9.84 Å². The van der Waals surface area contributed by atoms with E-state index >= 15 is 0 Å². The number of rotatable bonds is 5. The zero-order valence-electron chi connectivity index (χ0n) is 9.48.